The van der Waals surface area contributed by atoms with Gasteiger partial charge in [-0.3, -0.25) is 0 Å². The molecule has 3 nitrogen and oxygen atoms in total. The van der Waals surface area contributed by atoms with E-state index in [1.54, 1.807) is 18.2 Å². The molecule has 5 heteroatoms. The summed E-state index contributed by atoms with van der Waals surface area (Å²) in [5.74, 6) is -1.03. The van der Waals surface area contributed by atoms with Crippen LogP contribution >= 0.6 is 23.2 Å². The molecule has 0 bridgehead atoms. The molecule has 0 saturated carbocycles. The zero-order chi connectivity index (χ0) is 15.2. The van der Waals surface area contributed by atoms with Crippen molar-refractivity contribution in [3.63, 3.8) is 0 Å². The van der Waals surface area contributed by atoms with Gasteiger partial charge in [-0.05, 0) is 17.2 Å². The molecule has 0 aliphatic heterocycles. The number of benzene rings is 2. The van der Waals surface area contributed by atoms with Gasteiger partial charge in [-0.25, -0.2) is 4.79 Å². The summed E-state index contributed by atoms with van der Waals surface area (Å²) >= 11 is 12.0. The number of aliphatic carboxylic acids is 1. The highest BCUT2D eigenvalue weighted by atomic mass is 35.5. The fraction of sp³-hybridized carbons (Fsp3) is 0.188. The number of carboxylic acids is 1. The van der Waals surface area contributed by atoms with E-state index in [1.807, 2.05) is 30.3 Å². The lowest BCUT2D eigenvalue weighted by molar-refractivity contribution is -0.151. The monoisotopic (exact) mass is 324 g/mol. The van der Waals surface area contributed by atoms with E-state index < -0.39 is 12.1 Å². The predicted molar refractivity (Wildman–Crippen MR) is 82.8 cm³/mol. The Morgan fingerprint density at radius 3 is 2.48 bits per heavy atom. The summed E-state index contributed by atoms with van der Waals surface area (Å²) < 4.78 is 5.49. The van der Waals surface area contributed by atoms with E-state index in [2.05, 4.69) is 0 Å². The van der Waals surface area contributed by atoms with Gasteiger partial charge >= 0.3 is 5.97 Å². The third kappa shape index (κ3) is 4.46. The SMILES string of the molecule is O=C(O)C(Cc1cccc(Cl)c1Cl)OCc1ccccc1. The summed E-state index contributed by atoms with van der Waals surface area (Å²) in [6, 6.07) is 14.6. The van der Waals surface area contributed by atoms with Gasteiger partial charge in [0, 0.05) is 6.42 Å². The van der Waals surface area contributed by atoms with Crippen molar-refractivity contribution < 1.29 is 14.6 Å². The smallest absolute Gasteiger partial charge is 0.333 e. The van der Waals surface area contributed by atoms with E-state index in [4.69, 9.17) is 27.9 Å². The molecule has 2 aromatic carbocycles. The average Bonchev–Trinajstić information content (AvgIpc) is 2.48. The highest BCUT2D eigenvalue weighted by molar-refractivity contribution is 6.42. The van der Waals surface area contributed by atoms with Crippen molar-refractivity contribution in [3.05, 3.63) is 69.7 Å². The van der Waals surface area contributed by atoms with Gasteiger partial charge in [-0.15, -0.1) is 0 Å². The molecule has 0 aromatic heterocycles. The fourth-order valence-corrected chi connectivity index (χ4v) is 2.29. The summed E-state index contributed by atoms with van der Waals surface area (Å²) in [6.07, 6.45) is -0.803. The lowest BCUT2D eigenvalue weighted by atomic mass is 10.1. The summed E-state index contributed by atoms with van der Waals surface area (Å²) in [4.78, 5) is 11.3. The molecule has 0 amide bonds. The zero-order valence-corrected chi connectivity index (χ0v) is 12.6. The summed E-state index contributed by atoms with van der Waals surface area (Å²) in [5.41, 5.74) is 1.57. The number of hydrogen-bond donors (Lipinski definition) is 1. The van der Waals surface area contributed by atoms with Gasteiger partial charge in [0.05, 0.1) is 16.7 Å². The average molecular weight is 325 g/mol. The van der Waals surface area contributed by atoms with Crippen molar-refractivity contribution in [1.29, 1.82) is 0 Å². The minimum atomic E-state index is -1.03. The lowest BCUT2D eigenvalue weighted by Crippen LogP contribution is -2.26. The zero-order valence-electron chi connectivity index (χ0n) is 11.1. The van der Waals surface area contributed by atoms with Crippen LogP contribution in [0.3, 0.4) is 0 Å². The Morgan fingerprint density at radius 2 is 1.81 bits per heavy atom. The molecule has 1 N–H and O–H groups in total. The molecule has 110 valence electrons. The Bertz CT molecular complexity index is 614. The molecule has 0 fully saturated rings. The molecular weight excluding hydrogens is 311 g/mol. The number of hydrogen-bond acceptors (Lipinski definition) is 2. The van der Waals surface area contributed by atoms with Crippen LogP contribution in [-0.2, 0) is 22.6 Å². The van der Waals surface area contributed by atoms with Gasteiger partial charge in [-0.2, -0.15) is 0 Å². The number of ether oxygens (including phenoxy) is 1. The number of rotatable bonds is 6. The number of halogens is 2. The lowest BCUT2D eigenvalue weighted by Gasteiger charge is -2.15. The molecule has 1 unspecified atom stereocenters. The molecular formula is C16H14Cl2O3. The quantitative estimate of drug-likeness (QED) is 0.865. The van der Waals surface area contributed by atoms with Crippen LogP contribution in [0.1, 0.15) is 11.1 Å². The summed E-state index contributed by atoms with van der Waals surface area (Å²) in [5, 5.41) is 10.0. The van der Waals surface area contributed by atoms with E-state index >= 15 is 0 Å². The minimum Gasteiger partial charge on any atom is -0.479 e. The van der Waals surface area contributed by atoms with Crippen molar-refractivity contribution in [3.8, 4) is 0 Å². The Morgan fingerprint density at radius 1 is 1.10 bits per heavy atom. The van der Waals surface area contributed by atoms with E-state index in [1.165, 1.54) is 0 Å². The van der Waals surface area contributed by atoms with Crippen LogP contribution in [0, 0.1) is 0 Å². The van der Waals surface area contributed by atoms with Crippen LogP contribution in [0.15, 0.2) is 48.5 Å². The van der Waals surface area contributed by atoms with Crippen molar-refractivity contribution in [1.82, 2.24) is 0 Å². The molecule has 21 heavy (non-hydrogen) atoms. The van der Waals surface area contributed by atoms with Gasteiger partial charge in [0.15, 0.2) is 6.10 Å². The van der Waals surface area contributed by atoms with Crippen molar-refractivity contribution in [2.75, 3.05) is 0 Å². The van der Waals surface area contributed by atoms with Gasteiger partial charge in [0.2, 0.25) is 0 Å². The van der Waals surface area contributed by atoms with E-state index in [9.17, 15) is 9.90 Å². The highest BCUT2D eigenvalue weighted by Crippen LogP contribution is 2.27. The predicted octanol–water partition coefficient (Wildman–Crippen LogP) is 4.21. The Balaban J connectivity index is 2.06. The van der Waals surface area contributed by atoms with Crippen LogP contribution in [0.25, 0.3) is 0 Å². The second kappa shape index (κ2) is 7.46. The molecule has 0 spiro atoms. The van der Waals surface area contributed by atoms with Crippen LogP contribution in [-0.4, -0.2) is 17.2 Å². The van der Waals surface area contributed by atoms with E-state index in [0.717, 1.165) is 5.56 Å². The van der Waals surface area contributed by atoms with Crippen molar-refractivity contribution >= 4 is 29.2 Å². The van der Waals surface area contributed by atoms with Crippen molar-refractivity contribution in [2.45, 2.75) is 19.1 Å². The maximum absolute atomic E-state index is 11.3. The normalized spacial score (nSPS) is 12.1. The molecule has 0 aliphatic carbocycles. The van der Waals surface area contributed by atoms with Crippen LogP contribution in [0.4, 0.5) is 0 Å². The Hall–Kier alpha value is -1.55. The molecule has 2 rings (SSSR count). The van der Waals surface area contributed by atoms with Gasteiger partial charge < -0.3 is 9.84 Å². The van der Waals surface area contributed by atoms with Crippen LogP contribution < -0.4 is 0 Å². The van der Waals surface area contributed by atoms with Gasteiger partial charge in [-0.1, -0.05) is 65.7 Å². The first-order chi connectivity index (χ1) is 10.1. The fourth-order valence-electron chi connectivity index (χ4n) is 1.89. The molecule has 2 aromatic rings. The Labute approximate surface area is 133 Å². The molecule has 0 saturated heterocycles. The van der Waals surface area contributed by atoms with Crippen LogP contribution in [0.2, 0.25) is 10.0 Å². The van der Waals surface area contributed by atoms with E-state index in [0.29, 0.717) is 15.6 Å². The maximum atomic E-state index is 11.3. The maximum Gasteiger partial charge on any atom is 0.333 e. The second-order valence-corrected chi connectivity index (χ2v) is 5.33. The highest BCUT2D eigenvalue weighted by Gasteiger charge is 2.20. The van der Waals surface area contributed by atoms with Gasteiger partial charge in [0.25, 0.3) is 0 Å². The molecule has 0 aliphatic rings. The number of carboxylic acid groups (broad SMARTS) is 1. The van der Waals surface area contributed by atoms with Crippen molar-refractivity contribution in [2.24, 2.45) is 0 Å². The summed E-state index contributed by atoms with van der Waals surface area (Å²) in [7, 11) is 0. The first-order valence-electron chi connectivity index (χ1n) is 6.39. The molecule has 0 heterocycles. The van der Waals surface area contributed by atoms with Gasteiger partial charge in [0.1, 0.15) is 0 Å². The molecule has 0 radical (unpaired) electrons. The third-order valence-corrected chi connectivity index (χ3v) is 3.86. The van der Waals surface area contributed by atoms with E-state index in [-0.39, 0.29) is 13.0 Å². The third-order valence-electron chi connectivity index (χ3n) is 3.01. The topological polar surface area (TPSA) is 46.5 Å². The largest absolute Gasteiger partial charge is 0.479 e. The first-order valence-corrected chi connectivity index (χ1v) is 7.14. The number of carbonyl (C=O) groups is 1. The Kier molecular flexibility index (Phi) is 5.62. The second-order valence-electron chi connectivity index (χ2n) is 4.54. The minimum absolute atomic E-state index is 0.168. The molecule has 1 atom stereocenters. The standard InChI is InChI=1S/C16H14Cl2O3/c17-13-8-4-7-12(15(13)18)9-14(16(19)20)21-10-11-5-2-1-3-6-11/h1-8,14H,9-10H2,(H,19,20). The first kappa shape index (κ1) is 15.8. The van der Waals surface area contributed by atoms with Crippen LogP contribution in [0.5, 0.6) is 0 Å². The summed E-state index contributed by atoms with van der Waals surface area (Å²) in [6.45, 7) is 0.232.